The Bertz CT molecular complexity index is 632. The van der Waals surface area contributed by atoms with Gasteiger partial charge in [0.2, 0.25) is 0 Å². The van der Waals surface area contributed by atoms with Crippen LogP contribution in [0.1, 0.15) is 16.7 Å². The van der Waals surface area contributed by atoms with Gasteiger partial charge in [-0.1, -0.05) is 42.5 Å². The van der Waals surface area contributed by atoms with Crippen LogP contribution in [0.25, 0.3) is 0 Å². The molecule has 0 saturated carbocycles. The van der Waals surface area contributed by atoms with Gasteiger partial charge in [-0.25, -0.2) is 0 Å². The van der Waals surface area contributed by atoms with Crippen molar-refractivity contribution in [1.29, 1.82) is 0 Å². The molecule has 2 aliphatic heterocycles. The van der Waals surface area contributed by atoms with Gasteiger partial charge in [0.05, 0.1) is 0 Å². The molecule has 0 aromatic heterocycles. The lowest BCUT2D eigenvalue weighted by atomic mass is 10.1. The number of benzene rings is 2. The molecule has 0 spiro atoms. The summed E-state index contributed by atoms with van der Waals surface area (Å²) in [6.45, 7) is 7.62. The molecular formula is C19H23N3. The van der Waals surface area contributed by atoms with E-state index in [1.54, 1.807) is 5.56 Å². The normalized spacial score (nSPS) is 18.5. The van der Waals surface area contributed by atoms with E-state index in [2.05, 4.69) is 63.6 Å². The number of hydrogen-bond donors (Lipinski definition) is 1. The van der Waals surface area contributed by atoms with Crippen LogP contribution < -0.4 is 10.2 Å². The molecule has 3 nitrogen and oxygen atoms in total. The Morgan fingerprint density at radius 1 is 0.864 bits per heavy atom. The molecule has 0 bridgehead atoms. The van der Waals surface area contributed by atoms with E-state index in [4.69, 9.17) is 0 Å². The van der Waals surface area contributed by atoms with Crippen molar-refractivity contribution in [2.75, 3.05) is 31.1 Å². The van der Waals surface area contributed by atoms with E-state index in [-0.39, 0.29) is 0 Å². The zero-order valence-electron chi connectivity index (χ0n) is 13.0. The highest BCUT2D eigenvalue weighted by molar-refractivity contribution is 5.58. The summed E-state index contributed by atoms with van der Waals surface area (Å²) in [7, 11) is 0. The molecule has 22 heavy (non-hydrogen) atoms. The van der Waals surface area contributed by atoms with Gasteiger partial charge >= 0.3 is 0 Å². The number of rotatable bonds is 3. The first kappa shape index (κ1) is 13.8. The van der Waals surface area contributed by atoms with Crippen molar-refractivity contribution in [2.45, 2.75) is 19.6 Å². The summed E-state index contributed by atoms with van der Waals surface area (Å²) in [5, 5.41) is 3.44. The first-order chi connectivity index (χ1) is 10.9. The van der Waals surface area contributed by atoms with Gasteiger partial charge in [0.15, 0.2) is 0 Å². The Labute approximate surface area is 132 Å². The second-order valence-corrected chi connectivity index (χ2v) is 6.28. The summed E-state index contributed by atoms with van der Waals surface area (Å²) in [6, 6.07) is 17.6. The fourth-order valence-corrected chi connectivity index (χ4v) is 3.63. The van der Waals surface area contributed by atoms with Gasteiger partial charge < -0.3 is 10.2 Å². The average molecular weight is 293 g/mol. The number of hydrogen-bond acceptors (Lipinski definition) is 3. The number of nitrogens with one attached hydrogen (secondary N) is 1. The van der Waals surface area contributed by atoms with Crippen LogP contribution in [0.2, 0.25) is 0 Å². The maximum atomic E-state index is 3.44. The molecule has 0 radical (unpaired) electrons. The summed E-state index contributed by atoms with van der Waals surface area (Å²) >= 11 is 0. The molecule has 0 aliphatic carbocycles. The molecule has 0 unspecified atom stereocenters. The van der Waals surface area contributed by atoms with Gasteiger partial charge in [-0.2, -0.15) is 0 Å². The third kappa shape index (κ3) is 2.74. The Morgan fingerprint density at radius 2 is 1.68 bits per heavy atom. The van der Waals surface area contributed by atoms with Crippen molar-refractivity contribution in [3.63, 3.8) is 0 Å². The lowest BCUT2D eigenvalue weighted by molar-refractivity contribution is 0.275. The molecule has 0 amide bonds. The van der Waals surface area contributed by atoms with E-state index in [1.165, 1.54) is 16.8 Å². The van der Waals surface area contributed by atoms with E-state index in [9.17, 15) is 0 Å². The zero-order valence-corrected chi connectivity index (χ0v) is 13.0. The predicted molar refractivity (Wildman–Crippen MR) is 90.9 cm³/mol. The summed E-state index contributed by atoms with van der Waals surface area (Å²) in [5.74, 6) is 0. The first-order valence-corrected chi connectivity index (χ1v) is 8.23. The molecule has 2 aliphatic rings. The van der Waals surface area contributed by atoms with E-state index in [0.717, 1.165) is 45.8 Å². The van der Waals surface area contributed by atoms with E-state index in [0.29, 0.717) is 0 Å². The minimum atomic E-state index is 1.04. The van der Waals surface area contributed by atoms with Crippen molar-refractivity contribution >= 4 is 5.69 Å². The van der Waals surface area contributed by atoms with E-state index in [1.807, 2.05) is 0 Å². The zero-order chi connectivity index (χ0) is 14.8. The fraction of sp³-hybridized carbons (Fsp3) is 0.368. The average Bonchev–Trinajstić information content (AvgIpc) is 2.99. The van der Waals surface area contributed by atoms with Gasteiger partial charge in [-0.15, -0.1) is 0 Å². The smallest absolute Gasteiger partial charge is 0.0416 e. The summed E-state index contributed by atoms with van der Waals surface area (Å²) < 4.78 is 0. The van der Waals surface area contributed by atoms with Crippen molar-refractivity contribution in [3.05, 3.63) is 65.2 Å². The molecular weight excluding hydrogens is 270 g/mol. The summed E-state index contributed by atoms with van der Waals surface area (Å²) in [5.41, 5.74) is 5.90. The topological polar surface area (TPSA) is 18.5 Å². The Kier molecular flexibility index (Phi) is 3.83. The number of anilines is 1. The van der Waals surface area contributed by atoms with Gasteiger partial charge in [0, 0.05) is 51.5 Å². The highest BCUT2D eigenvalue weighted by atomic mass is 15.2. The molecule has 0 atom stereocenters. The Morgan fingerprint density at radius 3 is 2.50 bits per heavy atom. The first-order valence-electron chi connectivity index (χ1n) is 8.23. The Hall–Kier alpha value is -1.84. The van der Waals surface area contributed by atoms with Crippen molar-refractivity contribution in [3.8, 4) is 0 Å². The van der Waals surface area contributed by atoms with Crippen LogP contribution in [0.4, 0.5) is 5.69 Å². The second-order valence-electron chi connectivity index (χ2n) is 6.28. The molecule has 1 saturated heterocycles. The van der Waals surface area contributed by atoms with Crippen molar-refractivity contribution < 1.29 is 0 Å². The molecule has 2 heterocycles. The van der Waals surface area contributed by atoms with Crippen LogP contribution in [0.3, 0.4) is 0 Å². The molecule has 2 aromatic rings. The standard InChI is InChI=1S/C19H23N3/c1-2-5-16(6-3-1)13-21-14-17-7-4-8-19(18(17)15-21)22-11-9-20-10-12-22/h1-8,20H,9-15H2. The Balaban J connectivity index is 1.53. The third-order valence-corrected chi connectivity index (χ3v) is 4.73. The van der Waals surface area contributed by atoms with Gasteiger partial charge in [-0.3, -0.25) is 4.90 Å². The van der Waals surface area contributed by atoms with Gasteiger partial charge in [0.25, 0.3) is 0 Å². The molecule has 114 valence electrons. The SMILES string of the molecule is c1ccc(CN2Cc3cccc(N4CCNCC4)c3C2)cc1. The maximum absolute atomic E-state index is 3.44. The van der Waals surface area contributed by atoms with Gasteiger partial charge in [0.1, 0.15) is 0 Å². The number of fused-ring (bicyclic) bond motifs is 1. The van der Waals surface area contributed by atoms with Crippen LogP contribution in [-0.4, -0.2) is 31.1 Å². The largest absolute Gasteiger partial charge is 0.369 e. The minimum absolute atomic E-state index is 1.04. The monoisotopic (exact) mass is 293 g/mol. The molecule has 3 heteroatoms. The molecule has 1 N–H and O–H groups in total. The number of nitrogens with zero attached hydrogens (tertiary/aromatic N) is 2. The predicted octanol–water partition coefficient (Wildman–Crippen LogP) is 2.61. The summed E-state index contributed by atoms with van der Waals surface area (Å²) in [4.78, 5) is 5.09. The summed E-state index contributed by atoms with van der Waals surface area (Å²) in [6.07, 6.45) is 0. The lowest BCUT2D eigenvalue weighted by Gasteiger charge is -2.31. The number of piperazine rings is 1. The maximum Gasteiger partial charge on any atom is 0.0416 e. The highest BCUT2D eigenvalue weighted by Crippen LogP contribution is 2.32. The van der Waals surface area contributed by atoms with Crippen LogP contribution in [0.5, 0.6) is 0 Å². The molecule has 2 aromatic carbocycles. The van der Waals surface area contributed by atoms with Crippen LogP contribution >= 0.6 is 0 Å². The van der Waals surface area contributed by atoms with Crippen LogP contribution in [0.15, 0.2) is 48.5 Å². The van der Waals surface area contributed by atoms with Crippen LogP contribution in [0, 0.1) is 0 Å². The van der Waals surface area contributed by atoms with Gasteiger partial charge in [-0.05, 0) is 22.8 Å². The minimum Gasteiger partial charge on any atom is -0.369 e. The van der Waals surface area contributed by atoms with Crippen LogP contribution in [-0.2, 0) is 19.6 Å². The quantitative estimate of drug-likeness (QED) is 0.938. The van der Waals surface area contributed by atoms with Crippen molar-refractivity contribution in [2.24, 2.45) is 0 Å². The van der Waals surface area contributed by atoms with E-state index >= 15 is 0 Å². The molecule has 1 fully saturated rings. The van der Waals surface area contributed by atoms with E-state index < -0.39 is 0 Å². The third-order valence-electron chi connectivity index (χ3n) is 4.73. The lowest BCUT2D eigenvalue weighted by Crippen LogP contribution is -2.43. The molecule has 4 rings (SSSR count). The van der Waals surface area contributed by atoms with Crippen molar-refractivity contribution in [1.82, 2.24) is 10.2 Å². The fourth-order valence-electron chi connectivity index (χ4n) is 3.63. The second kappa shape index (κ2) is 6.11. The highest BCUT2D eigenvalue weighted by Gasteiger charge is 2.24.